The first-order valence-corrected chi connectivity index (χ1v) is 11.3. The Morgan fingerprint density at radius 1 is 0.912 bits per heavy atom. The third kappa shape index (κ3) is 6.29. The van der Waals surface area contributed by atoms with E-state index >= 15 is 0 Å². The van der Waals surface area contributed by atoms with Gasteiger partial charge in [-0.25, -0.2) is 4.79 Å². The summed E-state index contributed by atoms with van der Waals surface area (Å²) >= 11 is 0. The molecule has 0 spiro atoms. The molecule has 3 rings (SSSR count). The summed E-state index contributed by atoms with van der Waals surface area (Å²) in [6, 6.07) is 20.4. The molecule has 0 saturated carbocycles. The molecular weight excluding hydrogens is 432 g/mol. The van der Waals surface area contributed by atoms with Gasteiger partial charge in [0.25, 0.3) is 0 Å². The average Bonchev–Trinajstić information content (AvgIpc) is 2.86. The third-order valence-corrected chi connectivity index (χ3v) is 6.02. The van der Waals surface area contributed by atoms with Gasteiger partial charge in [-0.15, -0.1) is 0 Å². The molecule has 1 unspecified atom stereocenters. The summed E-state index contributed by atoms with van der Waals surface area (Å²) in [6.45, 7) is 2.07. The number of carbonyl (C=O) groups is 1. The van der Waals surface area contributed by atoms with Crippen LogP contribution in [0.15, 0.2) is 66.7 Å². The van der Waals surface area contributed by atoms with Crippen molar-refractivity contribution in [1.82, 2.24) is 0 Å². The summed E-state index contributed by atoms with van der Waals surface area (Å²) in [4.78, 5) is 11.6. The minimum absolute atomic E-state index is 0.0960. The molecule has 6 heteroatoms. The van der Waals surface area contributed by atoms with E-state index < -0.39 is 12.1 Å². The van der Waals surface area contributed by atoms with Gasteiger partial charge < -0.3 is 24.4 Å². The van der Waals surface area contributed by atoms with Crippen LogP contribution in [0.4, 0.5) is 0 Å². The minimum atomic E-state index is -1.05. The number of hydrogen-bond donors (Lipinski definition) is 2. The van der Waals surface area contributed by atoms with Crippen molar-refractivity contribution in [3.63, 3.8) is 0 Å². The maximum absolute atomic E-state index is 11.6. The van der Waals surface area contributed by atoms with Gasteiger partial charge in [-0.2, -0.15) is 0 Å². The highest BCUT2D eigenvalue weighted by molar-refractivity contribution is 5.90. The maximum atomic E-state index is 11.6. The van der Waals surface area contributed by atoms with Crippen LogP contribution in [0.25, 0.3) is 0 Å². The number of hydrogen-bond acceptors (Lipinski definition) is 5. The number of rotatable bonds is 12. The van der Waals surface area contributed by atoms with Crippen LogP contribution in [0.1, 0.15) is 46.0 Å². The molecule has 0 bridgehead atoms. The Bertz CT molecular complexity index is 1050. The summed E-state index contributed by atoms with van der Waals surface area (Å²) in [7, 11) is 3.17. The van der Waals surface area contributed by atoms with Crippen molar-refractivity contribution in [2.45, 2.75) is 32.3 Å². The van der Waals surface area contributed by atoms with E-state index in [0.29, 0.717) is 23.5 Å². The molecule has 0 aliphatic heterocycles. The fourth-order valence-electron chi connectivity index (χ4n) is 4.06. The van der Waals surface area contributed by atoms with E-state index in [4.69, 9.17) is 14.2 Å². The molecule has 3 aromatic carbocycles. The van der Waals surface area contributed by atoms with Crippen molar-refractivity contribution in [3.8, 4) is 17.2 Å². The van der Waals surface area contributed by atoms with E-state index in [1.54, 1.807) is 32.4 Å². The predicted molar refractivity (Wildman–Crippen MR) is 131 cm³/mol. The summed E-state index contributed by atoms with van der Waals surface area (Å²) in [6.07, 6.45) is 1.55. The zero-order valence-electron chi connectivity index (χ0n) is 19.9. The van der Waals surface area contributed by atoms with Crippen LogP contribution in [0, 0.1) is 12.8 Å². The predicted octanol–water partition coefficient (Wildman–Crippen LogP) is 5.46. The summed E-state index contributed by atoms with van der Waals surface area (Å²) in [5.74, 6) is 0.226. The van der Waals surface area contributed by atoms with Crippen LogP contribution in [-0.2, 0) is 6.42 Å². The average molecular weight is 465 g/mol. The Morgan fingerprint density at radius 3 is 2.15 bits per heavy atom. The second-order valence-electron chi connectivity index (χ2n) is 8.25. The van der Waals surface area contributed by atoms with Gasteiger partial charge in [-0.3, -0.25) is 0 Å². The first-order chi connectivity index (χ1) is 16.4. The van der Waals surface area contributed by atoms with Crippen LogP contribution < -0.4 is 14.2 Å². The molecule has 0 amide bonds. The number of para-hydroxylation sites is 1. The number of carboxylic acids is 1. The van der Waals surface area contributed by atoms with Crippen molar-refractivity contribution < 1.29 is 29.2 Å². The van der Waals surface area contributed by atoms with Gasteiger partial charge in [-0.1, -0.05) is 42.5 Å². The van der Waals surface area contributed by atoms with Crippen molar-refractivity contribution in [3.05, 3.63) is 89.0 Å². The molecule has 2 N–H and O–H groups in total. The fraction of sp³-hybridized carbons (Fsp3) is 0.321. The van der Waals surface area contributed by atoms with E-state index in [2.05, 4.69) is 12.1 Å². The summed E-state index contributed by atoms with van der Waals surface area (Å²) < 4.78 is 16.9. The molecule has 34 heavy (non-hydrogen) atoms. The highest BCUT2D eigenvalue weighted by Gasteiger charge is 2.25. The molecule has 0 aliphatic rings. The van der Waals surface area contributed by atoms with Gasteiger partial charge in [0.2, 0.25) is 0 Å². The minimum Gasteiger partial charge on any atom is -0.496 e. The second kappa shape index (κ2) is 12.1. The van der Waals surface area contributed by atoms with Crippen molar-refractivity contribution in [1.29, 1.82) is 0 Å². The molecule has 0 heterocycles. The largest absolute Gasteiger partial charge is 0.496 e. The molecule has 0 aromatic heterocycles. The topological polar surface area (TPSA) is 85.2 Å². The Kier molecular flexibility index (Phi) is 8.93. The maximum Gasteiger partial charge on any atom is 0.339 e. The molecule has 180 valence electrons. The number of ether oxygens (including phenoxy) is 3. The smallest absolute Gasteiger partial charge is 0.339 e. The lowest BCUT2D eigenvalue weighted by molar-refractivity contribution is 0.0639. The lowest BCUT2D eigenvalue weighted by Gasteiger charge is -2.25. The van der Waals surface area contributed by atoms with Gasteiger partial charge in [0, 0.05) is 11.5 Å². The SMILES string of the molecule is COc1cc(C(O)[C@H](CCCc2ccccc2)COc2ccccc2C(=O)O)cc(OC)c1C. The third-order valence-electron chi connectivity index (χ3n) is 6.02. The van der Waals surface area contributed by atoms with Crippen molar-refractivity contribution in [2.75, 3.05) is 20.8 Å². The van der Waals surface area contributed by atoms with Gasteiger partial charge in [-0.05, 0) is 61.6 Å². The monoisotopic (exact) mass is 464 g/mol. The van der Waals surface area contributed by atoms with Crippen LogP contribution in [0.5, 0.6) is 17.2 Å². The zero-order chi connectivity index (χ0) is 24.5. The number of benzene rings is 3. The van der Waals surface area contributed by atoms with Crippen molar-refractivity contribution >= 4 is 5.97 Å². The van der Waals surface area contributed by atoms with Crippen LogP contribution in [0.2, 0.25) is 0 Å². The lowest BCUT2D eigenvalue weighted by atomic mass is 9.90. The number of methoxy groups -OCH3 is 2. The molecule has 0 fully saturated rings. The number of aliphatic hydroxyl groups excluding tert-OH is 1. The molecule has 0 saturated heterocycles. The van der Waals surface area contributed by atoms with Crippen LogP contribution in [-0.4, -0.2) is 37.0 Å². The molecular formula is C28H32O6. The summed E-state index contributed by atoms with van der Waals surface area (Å²) in [5, 5.41) is 20.8. The molecule has 2 atom stereocenters. The van der Waals surface area contributed by atoms with E-state index in [0.717, 1.165) is 18.4 Å². The van der Waals surface area contributed by atoms with Crippen LogP contribution >= 0.6 is 0 Å². The molecule has 6 nitrogen and oxygen atoms in total. The van der Waals surface area contributed by atoms with E-state index in [1.165, 1.54) is 11.6 Å². The van der Waals surface area contributed by atoms with E-state index in [9.17, 15) is 15.0 Å². The molecule has 3 aromatic rings. The quantitative estimate of drug-likeness (QED) is 0.370. The lowest BCUT2D eigenvalue weighted by Crippen LogP contribution is -2.21. The molecule has 0 radical (unpaired) electrons. The van der Waals surface area contributed by atoms with E-state index in [1.807, 2.05) is 37.3 Å². The summed E-state index contributed by atoms with van der Waals surface area (Å²) in [5.41, 5.74) is 2.84. The zero-order valence-corrected chi connectivity index (χ0v) is 19.9. The normalized spacial score (nSPS) is 12.6. The van der Waals surface area contributed by atoms with Gasteiger partial charge in [0.05, 0.1) is 26.9 Å². The second-order valence-corrected chi connectivity index (χ2v) is 8.25. The van der Waals surface area contributed by atoms with Gasteiger partial charge in [0.1, 0.15) is 22.8 Å². The number of carboxylic acid groups (broad SMARTS) is 1. The Balaban J connectivity index is 1.82. The van der Waals surface area contributed by atoms with Gasteiger partial charge in [0.15, 0.2) is 0 Å². The Morgan fingerprint density at radius 2 is 1.53 bits per heavy atom. The van der Waals surface area contributed by atoms with Crippen molar-refractivity contribution in [2.24, 2.45) is 5.92 Å². The number of aromatic carboxylic acids is 1. The van der Waals surface area contributed by atoms with E-state index in [-0.39, 0.29) is 23.8 Å². The first kappa shape index (κ1) is 25.1. The standard InChI is InChI=1S/C28H32O6/c1-19-25(32-2)16-22(17-26(19)33-3)27(29)21(13-9-12-20-10-5-4-6-11-20)18-34-24-15-8-7-14-23(24)28(30)31/h4-8,10-11,14-17,21,27,29H,9,12-13,18H2,1-3H3,(H,30,31)/t21-,27?/m1/s1. The number of aryl methyl sites for hydroxylation is 1. The van der Waals surface area contributed by atoms with Gasteiger partial charge >= 0.3 is 5.97 Å². The fourth-order valence-corrected chi connectivity index (χ4v) is 4.06. The Labute approximate surface area is 200 Å². The molecule has 0 aliphatic carbocycles. The first-order valence-electron chi connectivity index (χ1n) is 11.3. The Hall–Kier alpha value is -3.51. The van der Waals surface area contributed by atoms with Crippen LogP contribution in [0.3, 0.4) is 0 Å². The highest BCUT2D eigenvalue weighted by atomic mass is 16.5. The number of aliphatic hydroxyl groups is 1. The highest BCUT2D eigenvalue weighted by Crippen LogP contribution is 2.36.